The molecule has 1 fully saturated rings. The van der Waals surface area contributed by atoms with Crippen molar-refractivity contribution < 1.29 is 13.6 Å². The minimum absolute atomic E-state index is 0.173. The van der Waals surface area contributed by atoms with Crippen molar-refractivity contribution in [3.05, 3.63) is 29.3 Å². The second-order valence-corrected chi connectivity index (χ2v) is 4.83. The molecule has 0 amide bonds. The molecule has 0 N–H and O–H groups in total. The zero-order chi connectivity index (χ0) is 12.0. The predicted octanol–water partition coefficient (Wildman–Crippen LogP) is 2.66. The molecule has 0 bridgehead atoms. The number of fused-ring (bicyclic) bond motifs is 1. The fourth-order valence-corrected chi connectivity index (χ4v) is 2.52. The van der Waals surface area contributed by atoms with Crippen molar-refractivity contribution in [2.75, 3.05) is 18.0 Å². The molecular formula is C13H13F2NO. The first-order valence-corrected chi connectivity index (χ1v) is 5.84. The van der Waals surface area contributed by atoms with Crippen LogP contribution in [0.4, 0.5) is 14.5 Å². The number of benzene rings is 1. The number of hydrogen-bond donors (Lipinski definition) is 0. The number of Topliss-reactive ketones (excluding diaryl/α,β-unsaturated/α-hetero) is 1. The number of anilines is 1. The van der Waals surface area contributed by atoms with E-state index in [-0.39, 0.29) is 18.9 Å². The number of alkyl halides is 2. The van der Waals surface area contributed by atoms with Gasteiger partial charge in [0, 0.05) is 17.7 Å². The molecule has 1 saturated heterocycles. The zero-order valence-electron chi connectivity index (χ0n) is 9.38. The van der Waals surface area contributed by atoms with E-state index in [0.29, 0.717) is 6.42 Å². The van der Waals surface area contributed by atoms with Gasteiger partial charge >= 0.3 is 0 Å². The Morgan fingerprint density at radius 2 is 1.94 bits per heavy atom. The smallest absolute Gasteiger partial charge is 0.282 e. The van der Waals surface area contributed by atoms with Crippen molar-refractivity contribution in [2.45, 2.75) is 25.2 Å². The minimum Gasteiger partial charge on any atom is -0.359 e. The Kier molecular flexibility index (Phi) is 2.21. The van der Waals surface area contributed by atoms with Crippen LogP contribution in [-0.4, -0.2) is 24.8 Å². The number of ketones is 1. The van der Waals surface area contributed by atoms with Crippen molar-refractivity contribution >= 4 is 11.5 Å². The summed E-state index contributed by atoms with van der Waals surface area (Å²) in [6.45, 7) is -0.417. The summed E-state index contributed by atoms with van der Waals surface area (Å²) in [5.41, 5.74) is 2.59. The fraction of sp³-hybridized carbons (Fsp3) is 0.462. The average molecular weight is 237 g/mol. The molecule has 0 saturated carbocycles. The molecule has 90 valence electrons. The highest BCUT2D eigenvalue weighted by Crippen LogP contribution is 2.34. The van der Waals surface area contributed by atoms with Crippen molar-refractivity contribution in [1.82, 2.24) is 0 Å². The van der Waals surface area contributed by atoms with Crippen LogP contribution in [0.1, 0.15) is 28.8 Å². The van der Waals surface area contributed by atoms with E-state index >= 15 is 0 Å². The van der Waals surface area contributed by atoms with E-state index in [1.54, 1.807) is 17.0 Å². The molecule has 2 aliphatic rings. The lowest BCUT2D eigenvalue weighted by atomic mass is 9.90. The Morgan fingerprint density at radius 3 is 2.65 bits per heavy atom. The molecule has 0 radical (unpaired) electrons. The lowest BCUT2D eigenvalue weighted by Gasteiger charge is -2.40. The largest absolute Gasteiger partial charge is 0.359 e. The molecule has 4 heteroatoms. The van der Waals surface area contributed by atoms with E-state index < -0.39 is 5.92 Å². The number of carbonyl (C=O) groups excluding carboxylic acids is 1. The standard InChI is InChI=1S/C13H13F2NO/c14-13(15)7-16(8-13)10-4-5-11-9(6-10)2-1-3-12(11)17/h4-6H,1-3,7-8H2. The van der Waals surface area contributed by atoms with Gasteiger partial charge in [0.2, 0.25) is 0 Å². The van der Waals surface area contributed by atoms with Gasteiger partial charge in [0.1, 0.15) is 0 Å². The summed E-state index contributed by atoms with van der Waals surface area (Å²) in [6.07, 6.45) is 2.35. The Hall–Kier alpha value is -1.45. The van der Waals surface area contributed by atoms with Gasteiger partial charge in [-0.15, -0.1) is 0 Å². The topological polar surface area (TPSA) is 20.3 Å². The van der Waals surface area contributed by atoms with E-state index in [9.17, 15) is 13.6 Å². The molecule has 1 aliphatic carbocycles. The first-order chi connectivity index (χ1) is 8.05. The van der Waals surface area contributed by atoms with E-state index in [1.165, 1.54) is 0 Å². The summed E-state index contributed by atoms with van der Waals surface area (Å²) in [5.74, 6) is -2.38. The van der Waals surface area contributed by atoms with Crippen LogP contribution in [0.5, 0.6) is 0 Å². The summed E-state index contributed by atoms with van der Waals surface area (Å²) in [7, 11) is 0. The lowest BCUT2D eigenvalue weighted by molar-refractivity contribution is -0.0262. The summed E-state index contributed by atoms with van der Waals surface area (Å²) < 4.78 is 25.6. The maximum atomic E-state index is 12.8. The van der Waals surface area contributed by atoms with Crippen molar-refractivity contribution in [3.63, 3.8) is 0 Å². The molecule has 0 aromatic heterocycles. The van der Waals surface area contributed by atoms with Crippen LogP contribution < -0.4 is 4.90 Å². The fourth-order valence-electron chi connectivity index (χ4n) is 2.52. The minimum atomic E-state index is -2.55. The van der Waals surface area contributed by atoms with Crippen molar-refractivity contribution in [3.8, 4) is 0 Å². The predicted molar refractivity (Wildman–Crippen MR) is 60.9 cm³/mol. The van der Waals surface area contributed by atoms with Gasteiger partial charge < -0.3 is 4.90 Å². The van der Waals surface area contributed by atoms with Crippen LogP contribution >= 0.6 is 0 Å². The maximum absolute atomic E-state index is 12.8. The molecule has 2 nitrogen and oxygen atoms in total. The Bertz CT molecular complexity index is 476. The molecule has 0 atom stereocenters. The molecule has 0 spiro atoms. The van der Waals surface area contributed by atoms with Crippen molar-refractivity contribution in [1.29, 1.82) is 0 Å². The highest BCUT2D eigenvalue weighted by atomic mass is 19.3. The van der Waals surface area contributed by atoms with Crippen LogP contribution in [0.15, 0.2) is 18.2 Å². The van der Waals surface area contributed by atoms with Gasteiger partial charge in [-0.05, 0) is 36.6 Å². The molecule has 1 heterocycles. The van der Waals surface area contributed by atoms with E-state index in [0.717, 1.165) is 29.7 Å². The molecule has 3 rings (SSSR count). The van der Waals surface area contributed by atoms with Gasteiger partial charge in [-0.2, -0.15) is 0 Å². The molecular weight excluding hydrogens is 224 g/mol. The van der Waals surface area contributed by atoms with Crippen LogP contribution in [0.2, 0.25) is 0 Å². The van der Waals surface area contributed by atoms with Gasteiger partial charge in [0.05, 0.1) is 13.1 Å². The van der Waals surface area contributed by atoms with Gasteiger partial charge in [0.15, 0.2) is 5.78 Å². The Morgan fingerprint density at radius 1 is 1.18 bits per heavy atom. The third kappa shape index (κ3) is 1.81. The summed E-state index contributed by atoms with van der Waals surface area (Å²) in [5, 5.41) is 0. The first kappa shape index (κ1) is 10.7. The monoisotopic (exact) mass is 237 g/mol. The molecule has 1 aromatic rings. The van der Waals surface area contributed by atoms with Crippen LogP contribution in [-0.2, 0) is 6.42 Å². The molecule has 17 heavy (non-hydrogen) atoms. The molecule has 1 aliphatic heterocycles. The van der Waals surface area contributed by atoms with Crippen LogP contribution in [0, 0.1) is 0 Å². The second-order valence-electron chi connectivity index (χ2n) is 4.83. The van der Waals surface area contributed by atoms with E-state index in [1.807, 2.05) is 6.07 Å². The van der Waals surface area contributed by atoms with Crippen LogP contribution in [0.25, 0.3) is 0 Å². The van der Waals surface area contributed by atoms with E-state index in [2.05, 4.69) is 0 Å². The van der Waals surface area contributed by atoms with Gasteiger partial charge in [-0.1, -0.05) is 0 Å². The summed E-state index contributed by atoms with van der Waals surface area (Å²) in [6, 6.07) is 5.45. The first-order valence-electron chi connectivity index (χ1n) is 5.84. The number of nitrogens with zero attached hydrogens (tertiary/aromatic N) is 1. The highest BCUT2D eigenvalue weighted by molar-refractivity contribution is 5.98. The number of rotatable bonds is 1. The second kappa shape index (κ2) is 3.52. The zero-order valence-corrected chi connectivity index (χ0v) is 9.38. The third-order valence-electron chi connectivity index (χ3n) is 3.45. The average Bonchev–Trinajstić information content (AvgIpc) is 2.25. The van der Waals surface area contributed by atoms with Crippen LogP contribution in [0.3, 0.4) is 0 Å². The van der Waals surface area contributed by atoms with Gasteiger partial charge in [-0.25, -0.2) is 8.78 Å². The van der Waals surface area contributed by atoms with E-state index in [4.69, 9.17) is 0 Å². The maximum Gasteiger partial charge on any atom is 0.282 e. The number of hydrogen-bond acceptors (Lipinski definition) is 2. The quantitative estimate of drug-likeness (QED) is 0.748. The van der Waals surface area contributed by atoms with Crippen molar-refractivity contribution in [2.24, 2.45) is 0 Å². The normalized spacial score (nSPS) is 22.0. The Labute approximate surface area is 98.2 Å². The lowest BCUT2D eigenvalue weighted by Crippen LogP contribution is -2.56. The third-order valence-corrected chi connectivity index (χ3v) is 3.45. The number of aryl methyl sites for hydroxylation is 1. The SMILES string of the molecule is O=C1CCCc2cc(N3CC(F)(F)C3)ccc21. The Balaban J connectivity index is 1.87. The molecule has 1 aromatic carbocycles. The molecule has 0 unspecified atom stereocenters. The summed E-state index contributed by atoms with van der Waals surface area (Å²) in [4.78, 5) is 13.3. The van der Waals surface area contributed by atoms with Gasteiger partial charge in [0.25, 0.3) is 5.92 Å². The highest BCUT2D eigenvalue weighted by Gasteiger charge is 2.44. The number of halogens is 2. The summed E-state index contributed by atoms with van der Waals surface area (Å²) >= 11 is 0. The number of carbonyl (C=O) groups is 1. The van der Waals surface area contributed by atoms with Gasteiger partial charge in [-0.3, -0.25) is 4.79 Å².